The molecule has 0 saturated heterocycles. The van der Waals surface area contributed by atoms with Crippen molar-refractivity contribution in [2.45, 2.75) is 25.8 Å². The minimum absolute atomic E-state index is 0.0676. The minimum atomic E-state index is -0.864. The molecule has 0 aliphatic carbocycles. The second-order valence-corrected chi connectivity index (χ2v) is 3.01. The molecular weight excluding hydrogens is 202 g/mol. The number of aliphatic carboxylic acids is 1. The van der Waals surface area contributed by atoms with Gasteiger partial charge in [-0.25, -0.2) is 9.48 Å². The van der Waals surface area contributed by atoms with E-state index in [9.17, 15) is 14.4 Å². The SMILES string of the molecule is O=C(O)CCCCn1ncc(=O)[nH]c1=O. The fourth-order valence-electron chi connectivity index (χ4n) is 1.07. The van der Waals surface area contributed by atoms with E-state index in [1.165, 1.54) is 0 Å². The van der Waals surface area contributed by atoms with Gasteiger partial charge in [0.2, 0.25) is 0 Å². The molecule has 82 valence electrons. The normalized spacial score (nSPS) is 10.1. The van der Waals surface area contributed by atoms with Gasteiger partial charge in [0.1, 0.15) is 6.20 Å². The van der Waals surface area contributed by atoms with E-state index in [-0.39, 0.29) is 6.42 Å². The van der Waals surface area contributed by atoms with E-state index in [2.05, 4.69) is 10.1 Å². The number of aromatic amines is 1. The smallest absolute Gasteiger partial charge is 0.344 e. The molecule has 0 unspecified atom stereocenters. The second-order valence-electron chi connectivity index (χ2n) is 3.01. The Morgan fingerprint density at radius 3 is 2.80 bits per heavy atom. The van der Waals surface area contributed by atoms with Crippen molar-refractivity contribution in [2.75, 3.05) is 0 Å². The molecule has 0 saturated carbocycles. The topological polar surface area (TPSA) is 105 Å². The summed E-state index contributed by atoms with van der Waals surface area (Å²) in [6.07, 6.45) is 2.09. The summed E-state index contributed by atoms with van der Waals surface area (Å²) < 4.78 is 1.10. The van der Waals surface area contributed by atoms with Crippen molar-refractivity contribution in [3.8, 4) is 0 Å². The Bertz CT molecular complexity index is 448. The van der Waals surface area contributed by atoms with E-state index >= 15 is 0 Å². The summed E-state index contributed by atoms with van der Waals surface area (Å²) in [5.74, 6) is -0.864. The number of H-pyrrole nitrogens is 1. The predicted molar refractivity (Wildman–Crippen MR) is 50.6 cm³/mol. The van der Waals surface area contributed by atoms with Gasteiger partial charge in [0.05, 0.1) is 0 Å². The van der Waals surface area contributed by atoms with Crippen LogP contribution in [0.3, 0.4) is 0 Å². The van der Waals surface area contributed by atoms with E-state index in [0.29, 0.717) is 19.4 Å². The highest BCUT2D eigenvalue weighted by Crippen LogP contribution is 1.95. The quantitative estimate of drug-likeness (QED) is 0.622. The number of aromatic nitrogens is 3. The first-order chi connectivity index (χ1) is 7.09. The van der Waals surface area contributed by atoms with Crippen LogP contribution in [0.5, 0.6) is 0 Å². The summed E-state index contributed by atoms with van der Waals surface area (Å²) >= 11 is 0. The van der Waals surface area contributed by atoms with Crippen molar-refractivity contribution in [1.29, 1.82) is 0 Å². The number of carboxylic acids is 1. The van der Waals surface area contributed by atoms with Gasteiger partial charge in [-0.05, 0) is 12.8 Å². The molecular formula is C8H11N3O4. The number of carbonyl (C=O) groups is 1. The molecule has 2 N–H and O–H groups in total. The molecule has 1 aromatic heterocycles. The lowest BCUT2D eigenvalue weighted by Gasteiger charge is -2.01. The number of nitrogens with zero attached hydrogens (tertiary/aromatic N) is 2. The van der Waals surface area contributed by atoms with Gasteiger partial charge in [0.15, 0.2) is 0 Å². The maximum Gasteiger partial charge on any atom is 0.344 e. The van der Waals surface area contributed by atoms with E-state index in [1.807, 2.05) is 0 Å². The minimum Gasteiger partial charge on any atom is -0.481 e. The zero-order valence-corrected chi connectivity index (χ0v) is 7.97. The number of unbranched alkanes of at least 4 members (excludes halogenated alkanes) is 1. The Hall–Kier alpha value is -1.92. The lowest BCUT2D eigenvalue weighted by Crippen LogP contribution is -2.31. The Morgan fingerprint density at radius 2 is 2.20 bits per heavy atom. The van der Waals surface area contributed by atoms with E-state index in [0.717, 1.165) is 10.9 Å². The molecule has 0 aliphatic heterocycles. The fourth-order valence-corrected chi connectivity index (χ4v) is 1.07. The van der Waals surface area contributed by atoms with Crippen LogP contribution in [0.4, 0.5) is 0 Å². The van der Waals surface area contributed by atoms with Gasteiger partial charge in [-0.1, -0.05) is 0 Å². The molecule has 15 heavy (non-hydrogen) atoms. The van der Waals surface area contributed by atoms with Gasteiger partial charge in [-0.3, -0.25) is 14.6 Å². The third-order valence-corrected chi connectivity index (χ3v) is 1.79. The van der Waals surface area contributed by atoms with Gasteiger partial charge in [-0.15, -0.1) is 0 Å². The zero-order chi connectivity index (χ0) is 11.3. The van der Waals surface area contributed by atoms with Crippen molar-refractivity contribution in [2.24, 2.45) is 0 Å². The summed E-state index contributed by atoms with van der Waals surface area (Å²) in [5, 5.41) is 12.0. The molecule has 0 atom stereocenters. The van der Waals surface area contributed by atoms with Crippen LogP contribution < -0.4 is 11.2 Å². The Morgan fingerprint density at radius 1 is 1.47 bits per heavy atom. The van der Waals surface area contributed by atoms with E-state index in [4.69, 9.17) is 5.11 Å². The third-order valence-electron chi connectivity index (χ3n) is 1.79. The van der Waals surface area contributed by atoms with Crippen molar-refractivity contribution in [1.82, 2.24) is 14.8 Å². The van der Waals surface area contributed by atoms with E-state index < -0.39 is 17.2 Å². The van der Waals surface area contributed by atoms with Gasteiger partial charge < -0.3 is 5.11 Å². The average Bonchev–Trinajstić information content (AvgIpc) is 2.14. The predicted octanol–water partition coefficient (Wildman–Crippen LogP) is -0.814. The first kappa shape index (κ1) is 11.2. The Kier molecular flexibility index (Phi) is 3.78. The molecule has 1 heterocycles. The zero-order valence-electron chi connectivity index (χ0n) is 7.97. The van der Waals surface area contributed by atoms with Crippen LogP contribution in [0.1, 0.15) is 19.3 Å². The number of carboxylic acid groups (broad SMARTS) is 1. The van der Waals surface area contributed by atoms with Crippen molar-refractivity contribution < 1.29 is 9.90 Å². The molecule has 0 radical (unpaired) electrons. The van der Waals surface area contributed by atoms with E-state index in [1.54, 1.807) is 0 Å². The molecule has 0 aromatic carbocycles. The van der Waals surface area contributed by atoms with Gasteiger partial charge in [-0.2, -0.15) is 5.10 Å². The third kappa shape index (κ3) is 3.75. The lowest BCUT2D eigenvalue weighted by atomic mass is 10.2. The number of hydrogen-bond donors (Lipinski definition) is 2. The molecule has 0 bridgehead atoms. The Balaban J connectivity index is 2.48. The molecule has 0 amide bonds. The number of hydrogen-bond acceptors (Lipinski definition) is 4. The average molecular weight is 213 g/mol. The number of nitrogens with one attached hydrogen (secondary N) is 1. The molecule has 0 spiro atoms. The van der Waals surface area contributed by atoms with Crippen LogP contribution in [0.25, 0.3) is 0 Å². The van der Waals surface area contributed by atoms with Crippen molar-refractivity contribution >= 4 is 5.97 Å². The van der Waals surface area contributed by atoms with Crippen LogP contribution >= 0.6 is 0 Å². The fraction of sp³-hybridized carbons (Fsp3) is 0.500. The number of aryl methyl sites for hydroxylation is 1. The Labute approximate surface area is 84.4 Å². The summed E-state index contributed by atoms with van der Waals surface area (Å²) in [7, 11) is 0. The van der Waals surface area contributed by atoms with Crippen LogP contribution in [-0.2, 0) is 11.3 Å². The summed E-state index contributed by atoms with van der Waals surface area (Å²) in [6, 6.07) is 0. The number of rotatable bonds is 5. The largest absolute Gasteiger partial charge is 0.481 e. The van der Waals surface area contributed by atoms with Crippen molar-refractivity contribution in [3.63, 3.8) is 0 Å². The highest BCUT2D eigenvalue weighted by Gasteiger charge is 1.99. The van der Waals surface area contributed by atoms with Gasteiger partial charge in [0.25, 0.3) is 5.56 Å². The first-order valence-corrected chi connectivity index (χ1v) is 4.48. The molecule has 0 fully saturated rings. The maximum absolute atomic E-state index is 11.1. The monoisotopic (exact) mass is 213 g/mol. The molecule has 7 heteroatoms. The highest BCUT2D eigenvalue weighted by molar-refractivity contribution is 5.66. The molecule has 7 nitrogen and oxygen atoms in total. The van der Waals surface area contributed by atoms with Crippen LogP contribution in [-0.4, -0.2) is 25.8 Å². The summed E-state index contributed by atoms with van der Waals surface area (Å²) in [4.78, 5) is 34.0. The van der Waals surface area contributed by atoms with Crippen LogP contribution in [0.15, 0.2) is 15.8 Å². The van der Waals surface area contributed by atoms with Gasteiger partial charge >= 0.3 is 11.7 Å². The second kappa shape index (κ2) is 5.08. The van der Waals surface area contributed by atoms with Crippen LogP contribution in [0, 0.1) is 0 Å². The summed E-state index contributed by atoms with van der Waals surface area (Å²) in [5.41, 5.74) is -1.11. The van der Waals surface area contributed by atoms with Crippen LogP contribution in [0.2, 0.25) is 0 Å². The highest BCUT2D eigenvalue weighted by atomic mass is 16.4. The first-order valence-electron chi connectivity index (χ1n) is 4.48. The maximum atomic E-state index is 11.1. The summed E-state index contributed by atoms with van der Waals surface area (Å²) in [6.45, 7) is 0.308. The van der Waals surface area contributed by atoms with Crippen molar-refractivity contribution in [3.05, 3.63) is 27.0 Å². The standard InChI is InChI=1S/C8H11N3O4/c12-6-5-9-11(8(15)10-6)4-2-1-3-7(13)14/h5H,1-4H2,(H,13,14)(H,10,12,15). The molecule has 1 rings (SSSR count). The molecule has 0 aliphatic rings. The van der Waals surface area contributed by atoms with Gasteiger partial charge in [0, 0.05) is 13.0 Å². The lowest BCUT2D eigenvalue weighted by molar-refractivity contribution is -0.137. The molecule has 1 aromatic rings.